The van der Waals surface area contributed by atoms with Gasteiger partial charge in [0.1, 0.15) is 5.75 Å². The van der Waals surface area contributed by atoms with Crippen molar-refractivity contribution in [3.8, 4) is 5.75 Å². The molecule has 2 aliphatic rings. The number of carbonyl (C=O) groups is 2. The van der Waals surface area contributed by atoms with E-state index in [0.717, 1.165) is 5.56 Å². The van der Waals surface area contributed by atoms with Gasteiger partial charge in [-0.1, -0.05) is 32.9 Å². The summed E-state index contributed by atoms with van der Waals surface area (Å²) in [6.07, 6.45) is 0.913. The highest BCUT2D eigenvalue weighted by Crippen LogP contribution is 2.32. The van der Waals surface area contributed by atoms with Crippen LogP contribution in [-0.2, 0) is 20.2 Å². The van der Waals surface area contributed by atoms with E-state index in [1.807, 2.05) is 12.1 Å². The molecule has 0 atom stereocenters. The summed E-state index contributed by atoms with van der Waals surface area (Å²) in [5.74, 6) is -0.0159. The van der Waals surface area contributed by atoms with Crippen molar-refractivity contribution in [1.82, 2.24) is 4.31 Å². The van der Waals surface area contributed by atoms with Gasteiger partial charge in [0.05, 0.1) is 10.6 Å². The monoisotopic (exact) mass is 456 g/mol. The van der Waals surface area contributed by atoms with Crippen LogP contribution in [0.25, 0.3) is 0 Å². The quantitative estimate of drug-likeness (QED) is 0.710. The van der Waals surface area contributed by atoms with E-state index in [0.29, 0.717) is 42.9 Å². The van der Waals surface area contributed by atoms with Crippen molar-refractivity contribution >= 4 is 27.4 Å². The highest BCUT2D eigenvalue weighted by Gasteiger charge is 2.33. The fourth-order valence-electron chi connectivity index (χ4n) is 4.11. The molecule has 170 valence electrons. The normalized spacial score (nSPS) is 17.9. The van der Waals surface area contributed by atoms with Crippen LogP contribution < -0.4 is 10.1 Å². The maximum absolute atomic E-state index is 13.1. The molecule has 0 bridgehead atoms. The van der Waals surface area contributed by atoms with Gasteiger partial charge < -0.3 is 10.1 Å². The van der Waals surface area contributed by atoms with E-state index >= 15 is 0 Å². The minimum atomic E-state index is -3.60. The van der Waals surface area contributed by atoms with Crippen LogP contribution in [0.1, 0.15) is 49.5 Å². The third kappa shape index (κ3) is 4.42. The van der Waals surface area contributed by atoms with Crippen molar-refractivity contribution in [2.24, 2.45) is 5.92 Å². The molecule has 1 saturated heterocycles. The lowest BCUT2D eigenvalue weighted by molar-refractivity contribution is -0.118. The molecule has 0 unspecified atom stereocenters. The van der Waals surface area contributed by atoms with Crippen molar-refractivity contribution in [1.29, 1.82) is 0 Å². The molecule has 0 radical (unpaired) electrons. The lowest BCUT2D eigenvalue weighted by Crippen LogP contribution is -2.40. The molecular weight excluding hydrogens is 428 g/mol. The summed E-state index contributed by atoms with van der Waals surface area (Å²) in [6.45, 7) is 6.81. The minimum Gasteiger partial charge on any atom is -0.482 e. The van der Waals surface area contributed by atoms with E-state index in [9.17, 15) is 18.0 Å². The first kappa shape index (κ1) is 22.5. The molecule has 8 heteroatoms. The van der Waals surface area contributed by atoms with E-state index in [4.69, 9.17) is 4.74 Å². The summed E-state index contributed by atoms with van der Waals surface area (Å²) in [5.41, 5.74) is 2.01. The maximum Gasteiger partial charge on any atom is 0.262 e. The molecule has 2 aromatic carbocycles. The number of hydrogen-bond donors (Lipinski definition) is 1. The van der Waals surface area contributed by atoms with Gasteiger partial charge in [0.25, 0.3) is 5.91 Å². The van der Waals surface area contributed by atoms with Crippen LogP contribution in [0.2, 0.25) is 0 Å². The molecule has 0 aliphatic carbocycles. The SMILES string of the molecule is CC(C)(C)c1ccc(S(=O)(=O)N2CCC(C(=O)c3ccc4c(c3)NC(=O)CO4)CC2)cc1. The van der Waals surface area contributed by atoms with E-state index < -0.39 is 10.0 Å². The van der Waals surface area contributed by atoms with Crippen LogP contribution in [0.4, 0.5) is 5.69 Å². The average molecular weight is 457 g/mol. The summed E-state index contributed by atoms with van der Waals surface area (Å²) in [6, 6.07) is 12.1. The third-order valence-corrected chi connectivity index (χ3v) is 7.99. The van der Waals surface area contributed by atoms with E-state index in [-0.39, 0.29) is 34.5 Å². The Bertz CT molecular complexity index is 1140. The molecular formula is C24H28N2O5S. The van der Waals surface area contributed by atoms with Crippen molar-refractivity contribution in [3.63, 3.8) is 0 Å². The first-order valence-electron chi connectivity index (χ1n) is 10.8. The number of piperidine rings is 1. The van der Waals surface area contributed by atoms with Crippen molar-refractivity contribution < 1.29 is 22.7 Å². The number of fused-ring (bicyclic) bond motifs is 1. The lowest BCUT2D eigenvalue weighted by Gasteiger charge is -2.31. The fourth-order valence-corrected chi connectivity index (χ4v) is 5.58. The number of amides is 1. The number of ketones is 1. The predicted octanol–water partition coefficient (Wildman–Crippen LogP) is 3.60. The summed E-state index contributed by atoms with van der Waals surface area (Å²) in [7, 11) is -3.60. The molecule has 2 aromatic rings. The number of carbonyl (C=O) groups excluding carboxylic acids is 2. The maximum atomic E-state index is 13.1. The van der Waals surface area contributed by atoms with Crippen molar-refractivity contribution in [3.05, 3.63) is 53.6 Å². The Morgan fingerprint density at radius 2 is 1.72 bits per heavy atom. The molecule has 0 spiro atoms. The third-order valence-electron chi connectivity index (χ3n) is 6.08. The van der Waals surface area contributed by atoms with Crippen LogP contribution in [-0.4, -0.2) is 44.1 Å². The zero-order valence-electron chi connectivity index (χ0n) is 18.6. The fraction of sp³-hybridized carbons (Fsp3) is 0.417. The summed E-state index contributed by atoms with van der Waals surface area (Å²) < 4.78 is 32.9. The van der Waals surface area contributed by atoms with Crippen LogP contribution in [0.5, 0.6) is 5.75 Å². The first-order chi connectivity index (χ1) is 15.1. The Balaban J connectivity index is 1.43. The van der Waals surface area contributed by atoms with Gasteiger partial charge in [-0.15, -0.1) is 0 Å². The molecule has 1 N–H and O–H groups in total. The molecule has 1 amide bonds. The van der Waals surface area contributed by atoms with Gasteiger partial charge in [-0.25, -0.2) is 8.42 Å². The number of nitrogens with one attached hydrogen (secondary N) is 1. The molecule has 0 aromatic heterocycles. The minimum absolute atomic E-state index is 0.0356. The molecule has 0 saturated carbocycles. The summed E-state index contributed by atoms with van der Waals surface area (Å²) in [4.78, 5) is 24.8. The van der Waals surface area contributed by atoms with Crippen LogP contribution in [0.15, 0.2) is 47.4 Å². The Kier molecular flexibility index (Phi) is 5.85. The Morgan fingerprint density at radius 1 is 1.06 bits per heavy atom. The largest absolute Gasteiger partial charge is 0.482 e. The first-order valence-corrected chi connectivity index (χ1v) is 12.2. The van der Waals surface area contributed by atoms with E-state index in [1.165, 1.54) is 4.31 Å². The standard InChI is InChI=1S/C24H28N2O5S/c1-24(2,3)18-5-7-19(8-6-18)32(29,30)26-12-10-16(11-13-26)23(28)17-4-9-21-20(14-17)25-22(27)15-31-21/h4-9,14,16H,10-13,15H2,1-3H3,(H,25,27). The second-order valence-corrected chi connectivity index (χ2v) is 11.3. The molecule has 1 fully saturated rings. The number of nitrogens with zero attached hydrogens (tertiary/aromatic N) is 1. The smallest absolute Gasteiger partial charge is 0.262 e. The van der Waals surface area contributed by atoms with Gasteiger partial charge in [-0.3, -0.25) is 9.59 Å². The highest BCUT2D eigenvalue weighted by molar-refractivity contribution is 7.89. The number of ether oxygens (including phenoxy) is 1. The predicted molar refractivity (Wildman–Crippen MR) is 122 cm³/mol. The van der Waals surface area contributed by atoms with Gasteiger partial charge in [0.2, 0.25) is 10.0 Å². The Hall–Kier alpha value is -2.71. The zero-order valence-corrected chi connectivity index (χ0v) is 19.4. The average Bonchev–Trinajstić information content (AvgIpc) is 2.77. The van der Waals surface area contributed by atoms with Crippen LogP contribution in [0, 0.1) is 5.92 Å². The summed E-state index contributed by atoms with van der Waals surface area (Å²) in [5, 5.41) is 2.71. The number of rotatable bonds is 4. The van der Waals surface area contributed by atoms with E-state index in [1.54, 1.807) is 30.3 Å². The van der Waals surface area contributed by atoms with Gasteiger partial charge in [0.15, 0.2) is 12.4 Å². The topological polar surface area (TPSA) is 92.8 Å². The number of anilines is 1. The van der Waals surface area contributed by atoms with Crippen LogP contribution in [0.3, 0.4) is 0 Å². The van der Waals surface area contributed by atoms with Gasteiger partial charge in [-0.2, -0.15) is 4.31 Å². The second kappa shape index (κ2) is 8.33. The molecule has 2 aliphatic heterocycles. The Morgan fingerprint density at radius 3 is 2.34 bits per heavy atom. The van der Waals surface area contributed by atoms with Gasteiger partial charge in [0, 0.05) is 24.6 Å². The van der Waals surface area contributed by atoms with Crippen LogP contribution >= 0.6 is 0 Å². The second-order valence-electron chi connectivity index (χ2n) is 9.36. The van der Waals surface area contributed by atoms with E-state index in [2.05, 4.69) is 26.1 Å². The number of hydrogen-bond acceptors (Lipinski definition) is 5. The molecule has 32 heavy (non-hydrogen) atoms. The zero-order chi connectivity index (χ0) is 23.1. The van der Waals surface area contributed by atoms with Gasteiger partial charge in [-0.05, 0) is 54.2 Å². The number of Topliss-reactive ketones (excluding diaryl/α,β-unsaturated/α-hetero) is 1. The summed E-state index contributed by atoms with van der Waals surface area (Å²) >= 11 is 0. The molecule has 4 rings (SSSR count). The number of sulfonamides is 1. The number of benzene rings is 2. The van der Waals surface area contributed by atoms with Crippen molar-refractivity contribution in [2.45, 2.75) is 43.9 Å². The highest BCUT2D eigenvalue weighted by atomic mass is 32.2. The Labute approximate surface area is 188 Å². The van der Waals surface area contributed by atoms with Crippen molar-refractivity contribution in [2.75, 3.05) is 25.0 Å². The molecule has 2 heterocycles. The molecule has 7 nitrogen and oxygen atoms in total. The lowest BCUT2D eigenvalue weighted by atomic mass is 9.87. The van der Waals surface area contributed by atoms with Gasteiger partial charge >= 0.3 is 0 Å².